The van der Waals surface area contributed by atoms with E-state index >= 15 is 0 Å². The number of ether oxygens (including phenoxy) is 1. The van der Waals surface area contributed by atoms with Crippen LogP contribution in [-0.4, -0.2) is 27.9 Å². The van der Waals surface area contributed by atoms with Gasteiger partial charge in [0.05, 0.1) is 4.92 Å². The van der Waals surface area contributed by atoms with E-state index in [-0.39, 0.29) is 17.8 Å². The van der Waals surface area contributed by atoms with E-state index in [1.807, 2.05) is 30.5 Å². The predicted octanol–water partition coefficient (Wildman–Crippen LogP) is 3.58. The third kappa shape index (κ3) is 4.35. The highest BCUT2D eigenvalue weighted by Gasteiger charge is 2.21. The summed E-state index contributed by atoms with van der Waals surface area (Å²) in [5, 5.41) is 14.5. The maximum Gasteiger partial charge on any atom is 0.306 e. The number of para-hydroxylation sites is 3. The van der Waals surface area contributed by atoms with Crippen LogP contribution in [0.5, 0.6) is 0 Å². The summed E-state index contributed by atoms with van der Waals surface area (Å²) in [5.41, 5.74) is 1.81. The Balaban J connectivity index is 1.55. The molecule has 0 bridgehead atoms. The number of hydrogen-bond acceptors (Lipinski definition) is 5. The lowest BCUT2D eigenvalue weighted by Crippen LogP contribution is -2.30. The summed E-state index contributed by atoms with van der Waals surface area (Å²) in [6, 6.07) is 13.5. The minimum absolute atomic E-state index is 0.0548. The molecule has 0 fully saturated rings. The Hall–Kier alpha value is -3.68. The predicted molar refractivity (Wildman–Crippen MR) is 104 cm³/mol. The van der Waals surface area contributed by atoms with Crippen molar-refractivity contribution >= 4 is 34.2 Å². The molecule has 0 aliphatic heterocycles. The quantitative estimate of drug-likeness (QED) is 0.369. The number of aromatic nitrogens is 1. The molecule has 1 unspecified atom stereocenters. The molecule has 0 radical (unpaired) electrons. The number of aromatic amines is 1. The van der Waals surface area contributed by atoms with E-state index in [1.54, 1.807) is 6.07 Å². The first kappa shape index (κ1) is 19.1. The van der Waals surface area contributed by atoms with Crippen LogP contribution in [0.3, 0.4) is 0 Å². The van der Waals surface area contributed by atoms with Crippen molar-refractivity contribution in [3.63, 3.8) is 0 Å². The van der Waals surface area contributed by atoms with Crippen molar-refractivity contribution < 1.29 is 19.2 Å². The molecule has 0 saturated heterocycles. The van der Waals surface area contributed by atoms with E-state index in [9.17, 15) is 19.7 Å². The highest BCUT2D eigenvalue weighted by atomic mass is 16.6. The number of nitro benzene ring substituents is 1. The number of benzene rings is 2. The Bertz CT molecular complexity index is 1030. The van der Waals surface area contributed by atoms with Gasteiger partial charge in [0.25, 0.3) is 11.6 Å². The number of nitrogens with one attached hydrogen (secondary N) is 2. The Morgan fingerprint density at radius 1 is 1.18 bits per heavy atom. The van der Waals surface area contributed by atoms with Gasteiger partial charge >= 0.3 is 5.97 Å². The molecular weight excluding hydrogens is 362 g/mol. The van der Waals surface area contributed by atoms with Crippen LogP contribution in [0.4, 0.5) is 11.4 Å². The van der Waals surface area contributed by atoms with Gasteiger partial charge in [0.1, 0.15) is 5.69 Å². The van der Waals surface area contributed by atoms with Crippen molar-refractivity contribution in [2.24, 2.45) is 0 Å². The number of rotatable bonds is 7. The van der Waals surface area contributed by atoms with Crippen LogP contribution >= 0.6 is 0 Å². The first-order valence-corrected chi connectivity index (χ1v) is 8.74. The number of aryl methyl sites for hydroxylation is 1. The molecule has 8 heteroatoms. The zero-order valence-electron chi connectivity index (χ0n) is 15.2. The van der Waals surface area contributed by atoms with Gasteiger partial charge < -0.3 is 15.0 Å². The first-order chi connectivity index (χ1) is 13.5. The molecule has 2 N–H and O–H groups in total. The van der Waals surface area contributed by atoms with E-state index < -0.39 is 22.9 Å². The average Bonchev–Trinajstić information content (AvgIpc) is 3.09. The molecular formula is C20H19N3O5. The summed E-state index contributed by atoms with van der Waals surface area (Å²) in [5.74, 6) is -1.15. The summed E-state index contributed by atoms with van der Waals surface area (Å²) in [6.45, 7) is 1.42. The SMILES string of the molecule is CC(OC(=O)CCc1c[nH]c2ccccc12)C(=O)Nc1ccccc1[N+](=O)[O-]. The molecule has 144 valence electrons. The zero-order chi connectivity index (χ0) is 20.1. The summed E-state index contributed by atoms with van der Waals surface area (Å²) >= 11 is 0. The van der Waals surface area contributed by atoms with Crippen molar-refractivity contribution in [1.82, 2.24) is 4.98 Å². The highest BCUT2D eigenvalue weighted by molar-refractivity contribution is 5.96. The van der Waals surface area contributed by atoms with E-state index in [4.69, 9.17) is 4.74 Å². The summed E-state index contributed by atoms with van der Waals surface area (Å²) in [4.78, 5) is 37.9. The van der Waals surface area contributed by atoms with Crippen molar-refractivity contribution in [1.29, 1.82) is 0 Å². The molecule has 0 aliphatic rings. The van der Waals surface area contributed by atoms with Crippen LogP contribution in [0.2, 0.25) is 0 Å². The van der Waals surface area contributed by atoms with Crippen molar-refractivity contribution in [3.8, 4) is 0 Å². The number of anilines is 1. The number of fused-ring (bicyclic) bond motifs is 1. The Morgan fingerprint density at radius 3 is 2.68 bits per heavy atom. The van der Waals surface area contributed by atoms with Crippen LogP contribution in [0.15, 0.2) is 54.7 Å². The third-order valence-corrected chi connectivity index (χ3v) is 4.31. The smallest absolute Gasteiger partial charge is 0.306 e. The molecule has 0 saturated carbocycles. The number of amides is 1. The fourth-order valence-corrected chi connectivity index (χ4v) is 2.86. The molecule has 3 rings (SSSR count). The summed E-state index contributed by atoms with van der Waals surface area (Å²) < 4.78 is 5.16. The Morgan fingerprint density at radius 2 is 1.89 bits per heavy atom. The van der Waals surface area contributed by atoms with Gasteiger partial charge in [-0.3, -0.25) is 19.7 Å². The molecule has 1 aromatic heterocycles. The van der Waals surface area contributed by atoms with Gasteiger partial charge in [-0.25, -0.2) is 0 Å². The number of carbonyl (C=O) groups is 2. The van der Waals surface area contributed by atoms with Gasteiger partial charge in [0, 0.05) is 29.6 Å². The van der Waals surface area contributed by atoms with E-state index in [1.165, 1.54) is 25.1 Å². The van der Waals surface area contributed by atoms with Crippen LogP contribution in [0.1, 0.15) is 18.9 Å². The molecule has 8 nitrogen and oxygen atoms in total. The van der Waals surface area contributed by atoms with Crippen LogP contribution in [0.25, 0.3) is 10.9 Å². The van der Waals surface area contributed by atoms with E-state index in [0.29, 0.717) is 6.42 Å². The van der Waals surface area contributed by atoms with E-state index in [2.05, 4.69) is 10.3 Å². The number of hydrogen-bond donors (Lipinski definition) is 2. The first-order valence-electron chi connectivity index (χ1n) is 8.74. The topological polar surface area (TPSA) is 114 Å². The lowest BCUT2D eigenvalue weighted by Gasteiger charge is -2.13. The van der Waals surface area contributed by atoms with Gasteiger partial charge in [-0.05, 0) is 31.0 Å². The molecule has 28 heavy (non-hydrogen) atoms. The lowest BCUT2D eigenvalue weighted by atomic mass is 10.1. The maximum absolute atomic E-state index is 12.2. The number of nitrogens with zero attached hydrogens (tertiary/aromatic N) is 1. The third-order valence-electron chi connectivity index (χ3n) is 4.31. The normalized spacial score (nSPS) is 11.8. The van der Waals surface area contributed by atoms with Crippen LogP contribution < -0.4 is 5.32 Å². The average molecular weight is 381 g/mol. The van der Waals surface area contributed by atoms with Crippen molar-refractivity contribution in [3.05, 3.63) is 70.4 Å². The molecule has 0 spiro atoms. The van der Waals surface area contributed by atoms with Gasteiger partial charge in [-0.1, -0.05) is 30.3 Å². The fraction of sp³-hybridized carbons (Fsp3) is 0.200. The number of nitro groups is 1. The molecule has 2 aromatic carbocycles. The van der Waals surface area contributed by atoms with E-state index in [0.717, 1.165) is 16.5 Å². The minimum Gasteiger partial charge on any atom is -0.453 e. The second-order valence-corrected chi connectivity index (χ2v) is 6.26. The maximum atomic E-state index is 12.2. The van der Waals surface area contributed by atoms with Crippen LogP contribution in [0, 0.1) is 10.1 Å². The van der Waals surface area contributed by atoms with Gasteiger partial charge in [-0.15, -0.1) is 0 Å². The number of H-pyrrole nitrogens is 1. The molecule has 0 aliphatic carbocycles. The highest BCUT2D eigenvalue weighted by Crippen LogP contribution is 2.23. The monoisotopic (exact) mass is 381 g/mol. The molecule has 1 heterocycles. The zero-order valence-corrected chi connectivity index (χ0v) is 15.2. The molecule has 1 atom stereocenters. The number of esters is 1. The Labute approximate surface area is 160 Å². The summed E-state index contributed by atoms with van der Waals surface area (Å²) in [7, 11) is 0. The Kier molecular flexibility index (Phi) is 5.69. The second kappa shape index (κ2) is 8.34. The summed E-state index contributed by atoms with van der Waals surface area (Å²) in [6.07, 6.45) is 1.37. The van der Waals surface area contributed by atoms with Gasteiger partial charge in [0.15, 0.2) is 6.10 Å². The lowest BCUT2D eigenvalue weighted by molar-refractivity contribution is -0.383. The van der Waals surface area contributed by atoms with Gasteiger partial charge in [-0.2, -0.15) is 0 Å². The molecule has 3 aromatic rings. The largest absolute Gasteiger partial charge is 0.453 e. The van der Waals surface area contributed by atoms with Crippen molar-refractivity contribution in [2.75, 3.05) is 5.32 Å². The van der Waals surface area contributed by atoms with Crippen LogP contribution in [-0.2, 0) is 20.7 Å². The molecule has 1 amide bonds. The number of carbonyl (C=O) groups excluding carboxylic acids is 2. The minimum atomic E-state index is -1.07. The second-order valence-electron chi connectivity index (χ2n) is 6.26. The standard InChI is InChI=1S/C20H19N3O5/c1-13(20(25)22-17-8-4-5-9-18(17)23(26)27)28-19(24)11-10-14-12-21-16-7-3-2-6-15(14)16/h2-9,12-13,21H,10-11H2,1H3,(H,22,25). The fourth-order valence-electron chi connectivity index (χ4n) is 2.86. The van der Waals surface area contributed by atoms with Gasteiger partial charge in [0.2, 0.25) is 0 Å². The van der Waals surface area contributed by atoms with Crippen molar-refractivity contribution in [2.45, 2.75) is 25.9 Å².